The van der Waals surface area contributed by atoms with Gasteiger partial charge in [0.25, 0.3) is 0 Å². The number of aliphatic hydroxyl groups excluding tert-OH is 1. The molecule has 6 nitrogen and oxygen atoms in total. The predicted molar refractivity (Wildman–Crippen MR) is 93.2 cm³/mol. The molecule has 0 saturated carbocycles. The minimum Gasteiger partial charge on any atom is -0.393 e. The summed E-state index contributed by atoms with van der Waals surface area (Å²) in [6.45, 7) is 5.87. The first kappa shape index (κ1) is 15.8. The summed E-state index contributed by atoms with van der Waals surface area (Å²) in [5.74, 6) is 1.79. The molecule has 2 aliphatic heterocycles. The van der Waals surface area contributed by atoms with Gasteiger partial charge in [0, 0.05) is 25.7 Å². The molecule has 2 aromatic heterocycles. The van der Waals surface area contributed by atoms with Gasteiger partial charge in [-0.2, -0.15) is 0 Å². The van der Waals surface area contributed by atoms with Crippen molar-refractivity contribution in [1.29, 1.82) is 0 Å². The van der Waals surface area contributed by atoms with E-state index >= 15 is 0 Å². The first-order valence-corrected chi connectivity index (χ1v) is 9.01. The second-order valence-electron chi connectivity index (χ2n) is 7.24. The number of anilines is 1. The highest BCUT2D eigenvalue weighted by Crippen LogP contribution is 2.39. The molecule has 2 aromatic rings. The molecule has 6 heteroatoms. The maximum Gasteiger partial charge on any atom is 0.156 e. The first-order valence-electron chi connectivity index (χ1n) is 9.01. The van der Waals surface area contributed by atoms with Crippen molar-refractivity contribution in [1.82, 2.24) is 15.0 Å². The molecule has 0 radical (unpaired) electrons. The zero-order valence-corrected chi connectivity index (χ0v) is 14.5. The molecular weight excluding hydrogens is 304 g/mol. The molecule has 0 unspecified atom stereocenters. The lowest BCUT2D eigenvalue weighted by Crippen LogP contribution is -2.53. The summed E-state index contributed by atoms with van der Waals surface area (Å²) in [5.41, 5.74) is 1.81. The molecule has 2 aliphatic rings. The molecule has 24 heavy (non-hydrogen) atoms. The third-order valence-electron chi connectivity index (χ3n) is 5.49. The minimum absolute atomic E-state index is 0.161. The largest absolute Gasteiger partial charge is 0.393 e. The molecule has 2 fully saturated rings. The lowest BCUT2D eigenvalue weighted by Gasteiger charge is -2.48. The van der Waals surface area contributed by atoms with E-state index < -0.39 is 0 Å². The Morgan fingerprint density at radius 1 is 1.38 bits per heavy atom. The van der Waals surface area contributed by atoms with Crippen LogP contribution in [0.25, 0.3) is 11.0 Å². The van der Waals surface area contributed by atoms with Crippen LogP contribution in [0.2, 0.25) is 0 Å². The van der Waals surface area contributed by atoms with Crippen LogP contribution in [-0.2, 0) is 4.74 Å². The molecule has 130 valence electrons. The Hall–Kier alpha value is -1.66. The molecule has 2 N–H and O–H groups in total. The number of nitrogens with one attached hydrogen (secondary N) is 1. The van der Waals surface area contributed by atoms with E-state index in [0.29, 0.717) is 0 Å². The molecule has 4 heterocycles. The van der Waals surface area contributed by atoms with Gasteiger partial charge in [-0.1, -0.05) is 6.92 Å². The Kier molecular flexibility index (Phi) is 3.96. The van der Waals surface area contributed by atoms with Crippen LogP contribution in [0, 0.1) is 6.92 Å². The van der Waals surface area contributed by atoms with E-state index in [4.69, 9.17) is 4.74 Å². The minimum atomic E-state index is -0.230. The van der Waals surface area contributed by atoms with E-state index in [9.17, 15) is 5.11 Å². The molecule has 0 aromatic carbocycles. The SMILES string of the molecule is CC[C@H]1C[C@@H](O)CC2(CCN(c3nc(C)nc4cc[nH]c34)CC2)O1. The third kappa shape index (κ3) is 2.78. The number of aliphatic hydroxyl groups is 1. The Morgan fingerprint density at radius 3 is 2.92 bits per heavy atom. The number of aromatic nitrogens is 3. The Balaban J connectivity index is 1.54. The second kappa shape index (κ2) is 6.01. The second-order valence-corrected chi connectivity index (χ2v) is 7.24. The maximum atomic E-state index is 10.2. The van der Waals surface area contributed by atoms with Gasteiger partial charge >= 0.3 is 0 Å². The summed E-state index contributed by atoms with van der Waals surface area (Å²) in [4.78, 5) is 14.7. The number of nitrogens with zero attached hydrogens (tertiary/aromatic N) is 3. The smallest absolute Gasteiger partial charge is 0.156 e. The monoisotopic (exact) mass is 330 g/mol. The molecule has 2 atom stereocenters. The number of hydrogen-bond acceptors (Lipinski definition) is 5. The van der Waals surface area contributed by atoms with Crippen molar-refractivity contribution < 1.29 is 9.84 Å². The molecule has 0 amide bonds. The fourth-order valence-electron chi connectivity index (χ4n) is 4.23. The normalized spacial score (nSPS) is 27.0. The van der Waals surface area contributed by atoms with Crippen LogP contribution in [0.3, 0.4) is 0 Å². The summed E-state index contributed by atoms with van der Waals surface area (Å²) < 4.78 is 6.39. The van der Waals surface area contributed by atoms with Crippen LogP contribution in [0.5, 0.6) is 0 Å². The van der Waals surface area contributed by atoms with Crippen molar-refractivity contribution in [2.45, 2.75) is 63.8 Å². The van der Waals surface area contributed by atoms with Crippen LogP contribution in [0.15, 0.2) is 12.3 Å². The molecule has 1 spiro atoms. The van der Waals surface area contributed by atoms with Crippen LogP contribution in [-0.4, -0.2) is 51.0 Å². The zero-order valence-electron chi connectivity index (χ0n) is 14.5. The van der Waals surface area contributed by atoms with Gasteiger partial charge in [-0.3, -0.25) is 0 Å². The van der Waals surface area contributed by atoms with E-state index in [1.54, 1.807) is 0 Å². The van der Waals surface area contributed by atoms with Gasteiger partial charge in [0.2, 0.25) is 0 Å². The lowest BCUT2D eigenvalue weighted by atomic mass is 9.81. The Bertz CT molecular complexity index is 721. The van der Waals surface area contributed by atoms with Crippen molar-refractivity contribution in [3.8, 4) is 0 Å². The third-order valence-corrected chi connectivity index (χ3v) is 5.49. The number of aryl methyl sites for hydroxylation is 1. The molecule has 4 rings (SSSR count). The highest BCUT2D eigenvalue weighted by atomic mass is 16.5. The molecule has 0 aliphatic carbocycles. The van der Waals surface area contributed by atoms with E-state index in [-0.39, 0.29) is 17.8 Å². The van der Waals surface area contributed by atoms with Crippen molar-refractivity contribution in [2.75, 3.05) is 18.0 Å². The van der Waals surface area contributed by atoms with Gasteiger partial charge in [-0.05, 0) is 38.7 Å². The van der Waals surface area contributed by atoms with Crippen LogP contribution >= 0.6 is 0 Å². The van der Waals surface area contributed by atoms with Crippen LogP contribution < -0.4 is 4.90 Å². The van der Waals surface area contributed by atoms with E-state index in [0.717, 1.165) is 67.9 Å². The van der Waals surface area contributed by atoms with Gasteiger partial charge in [-0.15, -0.1) is 0 Å². The van der Waals surface area contributed by atoms with Gasteiger partial charge in [0.05, 0.1) is 23.3 Å². The number of fused-ring (bicyclic) bond motifs is 1. The van der Waals surface area contributed by atoms with Crippen LogP contribution in [0.4, 0.5) is 5.82 Å². The summed E-state index contributed by atoms with van der Waals surface area (Å²) in [5, 5.41) is 10.2. The highest BCUT2D eigenvalue weighted by molar-refractivity contribution is 5.86. The molecule has 2 saturated heterocycles. The lowest BCUT2D eigenvalue weighted by molar-refractivity contribution is -0.171. The van der Waals surface area contributed by atoms with E-state index in [2.05, 4.69) is 26.8 Å². The van der Waals surface area contributed by atoms with Gasteiger partial charge in [0.15, 0.2) is 5.82 Å². The Morgan fingerprint density at radius 2 is 2.17 bits per heavy atom. The van der Waals surface area contributed by atoms with Gasteiger partial charge < -0.3 is 19.7 Å². The number of piperidine rings is 1. The molecular formula is C18H26N4O2. The van der Waals surface area contributed by atoms with Gasteiger partial charge in [-0.25, -0.2) is 9.97 Å². The van der Waals surface area contributed by atoms with Crippen molar-refractivity contribution in [2.24, 2.45) is 0 Å². The standard InChI is InChI=1S/C18H26N4O2/c1-3-14-10-13(23)11-18(24-14)5-8-22(9-6-18)17-16-15(4-7-19-16)20-12(2)21-17/h4,7,13-14,19,23H,3,5-6,8-11H2,1-2H3/t13-,14+/m1/s1. The van der Waals surface area contributed by atoms with Gasteiger partial charge in [0.1, 0.15) is 11.3 Å². The average molecular weight is 330 g/mol. The molecule has 0 bridgehead atoms. The fraction of sp³-hybridized carbons (Fsp3) is 0.667. The quantitative estimate of drug-likeness (QED) is 0.885. The van der Waals surface area contributed by atoms with Crippen molar-refractivity contribution >= 4 is 16.9 Å². The summed E-state index contributed by atoms with van der Waals surface area (Å²) in [7, 11) is 0. The number of rotatable bonds is 2. The van der Waals surface area contributed by atoms with E-state index in [1.165, 1.54) is 0 Å². The van der Waals surface area contributed by atoms with Crippen molar-refractivity contribution in [3.63, 3.8) is 0 Å². The summed E-state index contributed by atoms with van der Waals surface area (Å²) in [6.07, 6.45) is 6.26. The predicted octanol–water partition coefficient (Wildman–Crippen LogP) is 2.56. The summed E-state index contributed by atoms with van der Waals surface area (Å²) in [6, 6.07) is 1.99. The average Bonchev–Trinajstić information content (AvgIpc) is 3.02. The number of hydrogen-bond donors (Lipinski definition) is 2. The number of aromatic amines is 1. The zero-order chi connectivity index (χ0) is 16.7. The van der Waals surface area contributed by atoms with Crippen LogP contribution in [0.1, 0.15) is 44.9 Å². The highest BCUT2D eigenvalue weighted by Gasteiger charge is 2.43. The topological polar surface area (TPSA) is 74.3 Å². The first-order chi connectivity index (χ1) is 11.6. The fourth-order valence-corrected chi connectivity index (χ4v) is 4.23. The van der Waals surface area contributed by atoms with E-state index in [1.807, 2.05) is 19.2 Å². The Labute approximate surface area is 142 Å². The van der Waals surface area contributed by atoms with Crippen molar-refractivity contribution in [3.05, 3.63) is 18.1 Å². The maximum absolute atomic E-state index is 10.2. The number of H-pyrrole nitrogens is 1. The number of ether oxygens (including phenoxy) is 1. The summed E-state index contributed by atoms with van der Waals surface area (Å²) >= 11 is 0.